The molecule has 0 aliphatic heterocycles. The lowest BCUT2D eigenvalue weighted by Gasteiger charge is -2.11. The zero-order chi connectivity index (χ0) is 15.4. The molecular weight excluding hydrogens is 297 g/mol. The lowest BCUT2D eigenvalue weighted by Crippen LogP contribution is -2.28. The number of sulfonamides is 1. The van der Waals surface area contributed by atoms with Crippen molar-refractivity contribution in [3.05, 3.63) is 24.3 Å². The molecule has 0 amide bonds. The van der Waals surface area contributed by atoms with E-state index in [0.29, 0.717) is 0 Å². The molecule has 1 aromatic rings. The molecule has 0 aliphatic carbocycles. The van der Waals surface area contributed by atoms with E-state index in [9.17, 15) is 21.6 Å². The van der Waals surface area contributed by atoms with Gasteiger partial charge in [0.25, 0.3) is 0 Å². The Morgan fingerprint density at radius 3 is 2.65 bits per heavy atom. The molecule has 5 nitrogen and oxygen atoms in total. The number of ether oxygens (including phenoxy) is 1. The van der Waals surface area contributed by atoms with Crippen LogP contribution in [0.1, 0.15) is 6.92 Å². The number of rotatable bonds is 5. The molecule has 0 saturated carbocycles. The number of benzene rings is 1. The van der Waals surface area contributed by atoms with E-state index >= 15 is 0 Å². The summed E-state index contributed by atoms with van der Waals surface area (Å²) in [5.41, 5.74) is 0. The molecular formula is C11H11F3N2O3S. The van der Waals surface area contributed by atoms with Crippen LogP contribution in [0.15, 0.2) is 29.2 Å². The standard InChI is InChI=1S/C11H11F3N2O3S/c1-8(6-15)7-16-20(17,18)10-4-2-3-9(5-10)19-11(12,13)14/h2-5,8,16H,7H2,1H3. The molecule has 1 atom stereocenters. The van der Waals surface area contributed by atoms with Crippen LogP contribution in [0.2, 0.25) is 0 Å². The van der Waals surface area contributed by atoms with Crippen LogP contribution in [0.4, 0.5) is 13.2 Å². The Labute approximate surface area is 114 Å². The normalized spacial score (nSPS) is 13.6. The average Bonchev–Trinajstić information content (AvgIpc) is 2.34. The highest BCUT2D eigenvalue weighted by molar-refractivity contribution is 7.89. The Hall–Kier alpha value is -1.79. The molecule has 0 saturated heterocycles. The van der Waals surface area contributed by atoms with Gasteiger partial charge >= 0.3 is 6.36 Å². The second kappa shape index (κ2) is 6.11. The Bertz CT molecular complexity index is 608. The van der Waals surface area contributed by atoms with E-state index in [1.165, 1.54) is 6.92 Å². The first-order chi connectivity index (χ1) is 9.14. The molecule has 0 fully saturated rings. The first-order valence-electron chi connectivity index (χ1n) is 5.39. The minimum Gasteiger partial charge on any atom is -0.406 e. The topological polar surface area (TPSA) is 79.2 Å². The lowest BCUT2D eigenvalue weighted by atomic mass is 10.2. The third-order valence-electron chi connectivity index (χ3n) is 2.15. The van der Waals surface area contributed by atoms with Crippen molar-refractivity contribution in [3.63, 3.8) is 0 Å². The van der Waals surface area contributed by atoms with Gasteiger partial charge in [0.05, 0.1) is 16.9 Å². The summed E-state index contributed by atoms with van der Waals surface area (Å²) in [6.45, 7) is 1.37. The van der Waals surface area contributed by atoms with Crippen LogP contribution in [0.25, 0.3) is 0 Å². The smallest absolute Gasteiger partial charge is 0.406 e. The Morgan fingerprint density at radius 2 is 2.10 bits per heavy atom. The fourth-order valence-electron chi connectivity index (χ4n) is 1.20. The molecule has 1 rings (SSSR count). The fourth-order valence-corrected chi connectivity index (χ4v) is 2.37. The molecule has 0 bridgehead atoms. The lowest BCUT2D eigenvalue weighted by molar-refractivity contribution is -0.274. The van der Waals surface area contributed by atoms with Gasteiger partial charge in [0.15, 0.2) is 0 Å². The summed E-state index contributed by atoms with van der Waals surface area (Å²) in [4.78, 5) is -0.371. The van der Waals surface area contributed by atoms with E-state index in [1.54, 1.807) is 0 Å². The Morgan fingerprint density at radius 1 is 1.45 bits per heavy atom. The van der Waals surface area contributed by atoms with Crippen molar-refractivity contribution in [2.45, 2.75) is 18.2 Å². The molecule has 1 aromatic carbocycles. The van der Waals surface area contributed by atoms with Gasteiger partial charge < -0.3 is 4.74 Å². The van der Waals surface area contributed by atoms with Gasteiger partial charge in [-0.05, 0) is 19.1 Å². The molecule has 1 unspecified atom stereocenters. The average molecular weight is 308 g/mol. The summed E-state index contributed by atoms with van der Waals surface area (Å²) < 4.78 is 65.5. The van der Waals surface area contributed by atoms with Gasteiger partial charge in [-0.1, -0.05) is 6.07 Å². The highest BCUT2D eigenvalue weighted by Gasteiger charge is 2.31. The van der Waals surface area contributed by atoms with Gasteiger partial charge in [0.2, 0.25) is 10.0 Å². The van der Waals surface area contributed by atoms with Crippen molar-refractivity contribution in [2.24, 2.45) is 5.92 Å². The van der Waals surface area contributed by atoms with Gasteiger partial charge in [0, 0.05) is 12.6 Å². The third kappa shape index (κ3) is 5.07. The second-order valence-electron chi connectivity index (χ2n) is 3.90. The summed E-state index contributed by atoms with van der Waals surface area (Å²) in [6.07, 6.45) is -4.90. The van der Waals surface area contributed by atoms with Crippen molar-refractivity contribution in [2.75, 3.05) is 6.54 Å². The number of alkyl halides is 3. The van der Waals surface area contributed by atoms with Crippen LogP contribution in [0.3, 0.4) is 0 Å². The van der Waals surface area contributed by atoms with Crippen molar-refractivity contribution < 1.29 is 26.3 Å². The number of nitriles is 1. The first kappa shape index (κ1) is 16.3. The van der Waals surface area contributed by atoms with Crippen LogP contribution in [-0.4, -0.2) is 21.3 Å². The Balaban J connectivity index is 2.91. The maximum absolute atomic E-state index is 12.0. The summed E-state index contributed by atoms with van der Waals surface area (Å²) in [7, 11) is -3.99. The van der Waals surface area contributed by atoms with Crippen molar-refractivity contribution in [1.29, 1.82) is 5.26 Å². The predicted octanol–water partition coefficient (Wildman–Crippen LogP) is 2.02. The third-order valence-corrected chi connectivity index (χ3v) is 3.57. The summed E-state index contributed by atoms with van der Waals surface area (Å²) in [5, 5.41) is 8.54. The minimum absolute atomic E-state index is 0.136. The van der Waals surface area contributed by atoms with E-state index < -0.39 is 28.1 Å². The van der Waals surface area contributed by atoms with Gasteiger partial charge in [-0.15, -0.1) is 13.2 Å². The van der Waals surface area contributed by atoms with Crippen LogP contribution < -0.4 is 9.46 Å². The molecule has 1 N–H and O–H groups in total. The van der Waals surface area contributed by atoms with Gasteiger partial charge in [-0.25, -0.2) is 13.1 Å². The molecule has 0 spiro atoms. The Kier molecular flexibility index (Phi) is 4.97. The second-order valence-corrected chi connectivity index (χ2v) is 5.67. The zero-order valence-electron chi connectivity index (χ0n) is 10.3. The van der Waals surface area contributed by atoms with Gasteiger partial charge in [0.1, 0.15) is 5.75 Å². The highest BCUT2D eigenvalue weighted by Crippen LogP contribution is 2.24. The van der Waals surface area contributed by atoms with E-state index in [-0.39, 0.29) is 11.4 Å². The largest absolute Gasteiger partial charge is 0.573 e. The van der Waals surface area contributed by atoms with E-state index in [4.69, 9.17) is 5.26 Å². The number of hydrogen-bond acceptors (Lipinski definition) is 4. The van der Waals surface area contributed by atoms with Crippen molar-refractivity contribution in [1.82, 2.24) is 4.72 Å². The number of hydrogen-bond donors (Lipinski definition) is 1. The fraction of sp³-hybridized carbons (Fsp3) is 0.364. The molecule has 0 aromatic heterocycles. The highest BCUT2D eigenvalue weighted by atomic mass is 32.2. The van der Waals surface area contributed by atoms with Crippen molar-refractivity contribution >= 4 is 10.0 Å². The molecule has 0 aliphatic rings. The van der Waals surface area contributed by atoms with Gasteiger partial charge in [-0.3, -0.25) is 0 Å². The van der Waals surface area contributed by atoms with E-state index in [1.807, 2.05) is 6.07 Å². The summed E-state index contributed by atoms with van der Waals surface area (Å²) in [5.74, 6) is -1.19. The van der Waals surface area contributed by atoms with Crippen LogP contribution in [-0.2, 0) is 10.0 Å². The SMILES string of the molecule is CC(C#N)CNS(=O)(=O)c1cccc(OC(F)(F)F)c1. The van der Waals surface area contributed by atoms with E-state index in [2.05, 4.69) is 9.46 Å². The first-order valence-corrected chi connectivity index (χ1v) is 6.87. The monoisotopic (exact) mass is 308 g/mol. The molecule has 0 radical (unpaired) electrons. The van der Waals surface area contributed by atoms with Crippen molar-refractivity contribution in [3.8, 4) is 11.8 Å². The molecule has 0 heterocycles. The van der Waals surface area contributed by atoms with Crippen LogP contribution in [0, 0.1) is 17.2 Å². The van der Waals surface area contributed by atoms with Crippen LogP contribution in [0.5, 0.6) is 5.75 Å². The molecule has 110 valence electrons. The minimum atomic E-state index is -4.90. The molecule has 9 heteroatoms. The number of nitrogens with zero attached hydrogens (tertiary/aromatic N) is 1. The number of halogens is 3. The summed E-state index contributed by atoms with van der Waals surface area (Å²) in [6, 6.07) is 5.83. The maximum Gasteiger partial charge on any atom is 0.573 e. The number of nitrogens with one attached hydrogen (secondary N) is 1. The zero-order valence-corrected chi connectivity index (χ0v) is 11.1. The van der Waals surface area contributed by atoms with Gasteiger partial charge in [-0.2, -0.15) is 5.26 Å². The van der Waals surface area contributed by atoms with E-state index in [0.717, 1.165) is 24.3 Å². The molecule has 20 heavy (non-hydrogen) atoms. The quantitative estimate of drug-likeness (QED) is 0.902. The maximum atomic E-state index is 12.0. The van der Waals surface area contributed by atoms with Crippen LogP contribution >= 0.6 is 0 Å². The predicted molar refractivity (Wildman–Crippen MR) is 63.1 cm³/mol. The summed E-state index contributed by atoms with van der Waals surface area (Å²) >= 11 is 0.